The molecular formula is C36H54N10O21. The van der Waals surface area contributed by atoms with Crippen molar-refractivity contribution in [3.63, 3.8) is 0 Å². The molecular weight excluding hydrogens is 908 g/mol. The number of methoxy groups -OCH3 is 4. The van der Waals surface area contributed by atoms with Gasteiger partial charge in [0.2, 0.25) is 0 Å². The number of fused-ring (bicyclic) bond motifs is 1. The highest BCUT2D eigenvalue weighted by molar-refractivity contribution is 5.85. The third-order valence-corrected chi connectivity index (χ3v) is 10.2. The second-order valence-electron chi connectivity index (χ2n) is 14.5. The lowest BCUT2D eigenvalue weighted by molar-refractivity contribution is -0.147. The summed E-state index contributed by atoms with van der Waals surface area (Å²) in [5.41, 5.74) is -7.12. The maximum atomic E-state index is 13.5. The van der Waals surface area contributed by atoms with Gasteiger partial charge in [-0.15, -0.1) is 0 Å². The highest BCUT2D eigenvalue weighted by Gasteiger charge is 2.59. The molecule has 31 nitrogen and oxygen atoms in total. The van der Waals surface area contributed by atoms with Crippen LogP contribution in [-0.2, 0) is 86.8 Å². The van der Waals surface area contributed by atoms with Gasteiger partial charge in [0.05, 0.1) is 65.8 Å². The van der Waals surface area contributed by atoms with E-state index in [2.05, 4.69) is 4.74 Å². The van der Waals surface area contributed by atoms with E-state index in [1.165, 1.54) is 40.9 Å². The van der Waals surface area contributed by atoms with Crippen molar-refractivity contribution in [3.05, 3.63) is 62.9 Å². The number of amides is 4. The van der Waals surface area contributed by atoms with Gasteiger partial charge in [-0.25, -0.2) is 65.8 Å². The number of aliphatic hydroxyl groups excluding tert-OH is 3. The first-order valence-electron chi connectivity index (χ1n) is 20.4. The minimum atomic E-state index is -1.38. The molecule has 31 heteroatoms. The number of ether oxygens (including phenoxy) is 7. The molecule has 3 atom stereocenters. The van der Waals surface area contributed by atoms with Crippen molar-refractivity contribution in [3.8, 4) is 0 Å². The number of aromatic nitrogens is 6. The minimum absolute atomic E-state index is 0.173. The largest absolute Gasteiger partial charge is 0.469 e. The number of urea groups is 2. The van der Waals surface area contributed by atoms with E-state index in [1.807, 2.05) is 0 Å². The Labute approximate surface area is 377 Å². The molecule has 2 aromatic heterocycles. The summed E-state index contributed by atoms with van der Waals surface area (Å²) in [7, 11) is 5.14. The van der Waals surface area contributed by atoms with Gasteiger partial charge in [0.25, 0.3) is 0 Å². The fourth-order valence-electron chi connectivity index (χ4n) is 6.99. The standard InChI is InChI=1S/C36H54N10O21/c1-61-19-43-27-28(45(21-63-3)35(43)59)46(36(60)44(27)20-62-2)22-65-15-12-41-32(56)40(11-14-47)33(57)42(34(41)58)13-16-66-25(51)6-9-38-29(53)37(8-5-24(50)64-4)30(54)39(31(38)55)10-7-26(52)67-18-23(49)17-48/h23,27-28,47-49H,5-22H2,1-4H3. The topological polar surface area (TPSA) is 356 Å². The van der Waals surface area contributed by atoms with Gasteiger partial charge in [-0.05, 0) is 0 Å². The van der Waals surface area contributed by atoms with E-state index in [1.54, 1.807) is 0 Å². The van der Waals surface area contributed by atoms with Crippen LogP contribution in [0.25, 0.3) is 0 Å². The predicted molar refractivity (Wildman–Crippen MR) is 219 cm³/mol. The fraction of sp³-hybridized carbons (Fsp3) is 0.694. The van der Waals surface area contributed by atoms with Crippen LogP contribution in [0.1, 0.15) is 19.3 Å². The number of carbonyl (C=O) groups is 5. The number of carbonyl (C=O) groups excluding carboxylic acids is 5. The Morgan fingerprint density at radius 3 is 1.24 bits per heavy atom. The molecule has 374 valence electrons. The van der Waals surface area contributed by atoms with E-state index in [9.17, 15) is 63.0 Å². The Kier molecular flexibility index (Phi) is 19.7. The zero-order chi connectivity index (χ0) is 49.5. The van der Waals surface area contributed by atoms with Crippen molar-refractivity contribution in [2.24, 2.45) is 0 Å². The van der Waals surface area contributed by atoms with E-state index in [-0.39, 0.29) is 20.2 Å². The molecule has 4 rings (SSSR count). The van der Waals surface area contributed by atoms with Crippen molar-refractivity contribution >= 4 is 30.0 Å². The molecule has 4 heterocycles. The van der Waals surface area contributed by atoms with Gasteiger partial charge in [0.1, 0.15) is 46.2 Å². The van der Waals surface area contributed by atoms with Crippen LogP contribution in [0.15, 0.2) is 28.8 Å². The molecule has 67 heavy (non-hydrogen) atoms. The summed E-state index contributed by atoms with van der Waals surface area (Å²) >= 11 is 0. The quantitative estimate of drug-likeness (QED) is 0.0405. The Morgan fingerprint density at radius 1 is 0.493 bits per heavy atom. The molecule has 0 aliphatic carbocycles. The summed E-state index contributed by atoms with van der Waals surface area (Å²) in [6.07, 6.45) is -4.98. The normalized spacial score (nSPS) is 16.2. The molecule has 2 aliphatic rings. The maximum Gasteiger partial charge on any atom is 0.336 e. The van der Waals surface area contributed by atoms with Crippen LogP contribution in [0.4, 0.5) is 9.59 Å². The maximum absolute atomic E-state index is 13.5. The molecule has 0 aromatic carbocycles. The summed E-state index contributed by atoms with van der Waals surface area (Å²) in [5.74, 6) is -2.86. The third kappa shape index (κ3) is 12.3. The molecule has 2 aromatic rings. The monoisotopic (exact) mass is 962 g/mol. The smallest absolute Gasteiger partial charge is 0.336 e. The highest BCUT2D eigenvalue weighted by Crippen LogP contribution is 2.34. The van der Waals surface area contributed by atoms with Crippen molar-refractivity contribution in [1.29, 1.82) is 0 Å². The molecule has 2 fully saturated rings. The third-order valence-electron chi connectivity index (χ3n) is 10.2. The summed E-state index contributed by atoms with van der Waals surface area (Å²) in [6.45, 7) is -7.64. The predicted octanol–water partition coefficient (Wildman–Crippen LogP) is -6.95. The summed E-state index contributed by atoms with van der Waals surface area (Å²) < 4.78 is 39.0. The Balaban J connectivity index is 1.47. The average molecular weight is 963 g/mol. The molecule has 2 saturated heterocycles. The Morgan fingerprint density at radius 2 is 0.851 bits per heavy atom. The van der Waals surface area contributed by atoms with Crippen LogP contribution in [-0.4, -0.2) is 199 Å². The fourth-order valence-corrected chi connectivity index (χ4v) is 6.99. The van der Waals surface area contributed by atoms with Crippen molar-refractivity contribution in [2.45, 2.75) is 77.0 Å². The molecule has 0 radical (unpaired) electrons. The zero-order valence-electron chi connectivity index (χ0n) is 37.1. The van der Waals surface area contributed by atoms with E-state index in [0.29, 0.717) is 27.4 Å². The van der Waals surface area contributed by atoms with Crippen LogP contribution >= 0.6 is 0 Å². The molecule has 3 unspecified atom stereocenters. The van der Waals surface area contributed by atoms with E-state index >= 15 is 0 Å². The van der Waals surface area contributed by atoms with Crippen LogP contribution < -0.4 is 34.1 Å². The number of hydrogen-bond donors (Lipinski definition) is 3. The lowest BCUT2D eigenvalue weighted by Gasteiger charge is -2.28. The van der Waals surface area contributed by atoms with Crippen LogP contribution in [0.3, 0.4) is 0 Å². The molecule has 0 bridgehead atoms. The van der Waals surface area contributed by atoms with Gasteiger partial charge >= 0.3 is 64.1 Å². The second kappa shape index (κ2) is 24.9. The first kappa shape index (κ1) is 53.1. The lowest BCUT2D eigenvalue weighted by Crippen LogP contribution is -2.55. The van der Waals surface area contributed by atoms with Gasteiger partial charge in [-0.1, -0.05) is 0 Å². The first-order chi connectivity index (χ1) is 32.0. The highest BCUT2D eigenvalue weighted by atomic mass is 16.5. The van der Waals surface area contributed by atoms with Gasteiger partial charge in [0, 0.05) is 41.0 Å². The molecule has 4 amide bonds. The van der Waals surface area contributed by atoms with E-state index in [4.69, 9.17) is 33.5 Å². The Hall–Kier alpha value is -6.51. The van der Waals surface area contributed by atoms with Crippen molar-refractivity contribution in [2.75, 3.05) is 88.4 Å². The lowest BCUT2D eigenvalue weighted by atomic mass is 10.3. The molecule has 3 N–H and O–H groups in total. The summed E-state index contributed by atoms with van der Waals surface area (Å²) in [4.78, 5) is 148. The van der Waals surface area contributed by atoms with Crippen molar-refractivity contribution < 1.29 is 72.5 Å². The number of hydrogen-bond acceptors (Lipinski definition) is 21. The second-order valence-corrected chi connectivity index (χ2v) is 14.5. The number of rotatable bonds is 28. The number of nitrogens with zero attached hydrogens (tertiary/aromatic N) is 10. The van der Waals surface area contributed by atoms with Gasteiger partial charge in [-0.2, -0.15) is 0 Å². The number of aliphatic hydroxyl groups is 3. The average Bonchev–Trinajstić information content (AvgIpc) is 3.72. The van der Waals surface area contributed by atoms with Crippen LogP contribution in [0.5, 0.6) is 0 Å². The summed E-state index contributed by atoms with van der Waals surface area (Å²) in [5, 5.41) is 27.9. The number of esters is 3. The van der Waals surface area contributed by atoms with E-state index in [0.717, 1.165) is 7.11 Å². The van der Waals surface area contributed by atoms with Gasteiger partial charge < -0.3 is 48.5 Å². The minimum Gasteiger partial charge on any atom is -0.469 e. The van der Waals surface area contributed by atoms with Crippen LogP contribution in [0, 0.1) is 0 Å². The van der Waals surface area contributed by atoms with Crippen LogP contribution in [0.2, 0.25) is 0 Å². The molecule has 0 saturated carbocycles. The van der Waals surface area contributed by atoms with Crippen molar-refractivity contribution in [1.82, 2.24) is 47.0 Å². The summed E-state index contributed by atoms with van der Waals surface area (Å²) in [6, 6.07) is -1.10. The zero-order valence-corrected chi connectivity index (χ0v) is 37.1. The van der Waals surface area contributed by atoms with Gasteiger partial charge in [-0.3, -0.25) is 34.0 Å². The van der Waals surface area contributed by atoms with Gasteiger partial charge in [0.15, 0.2) is 12.3 Å². The Bertz CT molecular complexity index is 2450. The molecule has 0 spiro atoms. The molecule has 2 aliphatic heterocycles. The SMILES string of the molecule is COCN1C(=O)N(COC)C2C1N(COC)C(=O)N2COCCn1c(=O)n(CCO)c(=O)n(CCOC(=O)CCn2c(=O)n(CCC(=O)OC)c(=O)n(CCC(=O)OCC(O)CO)c2=O)c1=O. The van der Waals surface area contributed by atoms with E-state index < -0.39 is 181 Å². The first-order valence-corrected chi connectivity index (χ1v) is 20.4.